The number of nitrogens with zero attached hydrogens (tertiary/aromatic N) is 1. The van der Waals surface area contributed by atoms with Crippen LogP contribution in [-0.2, 0) is 6.54 Å². The van der Waals surface area contributed by atoms with Crippen LogP contribution in [0.1, 0.15) is 31.1 Å². The van der Waals surface area contributed by atoms with E-state index in [1.807, 2.05) is 13.0 Å². The van der Waals surface area contributed by atoms with E-state index in [9.17, 15) is 0 Å². The van der Waals surface area contributed by atoms with Crippen LogP contribution in [0.3, 0.4) is 0 Å². The first-order chi connectivity index (χ1) is 6.77. The molecule has 0 amide bonds. The Morgan fingerprint density at radius 1 is 1.64 bits per heavy atom. The van der Waals surface area contributed by atoms with Crippen LogP contribution in [0, 0.1) is 18.3 Å². The highest BCUT2D eigenvalue weighted by Crippen LogP contribution is 2.09. The van der Waals surface area contributed by atoms with Gasteiger partial charge in [0.2, 0.25) is 0 Å². The lowest BCUT2D eigenvalue weighted by Gasteiger charge is -2.12. The SMILES string of the molecule is CCC(CC#N)NCc1occc1C. The Kier molecular flexibility index (Phi) is 4.21. The lowest BCUT2D eigenvalue weighted by Crippen LogP contribution is -2.27. The van der Waals surface area contributed by atoms with Crippen molar-refractivity contribution in [3.8, 4) is 6.07 Å². The molecule has 0 aliphatic heterocycles. The van der Waals surface area contributed by atoms with Crippen LogP contribution in [-0.4, -0.2) is 6.04 Å². The number of nitriles is 1. The molecule has 3 nitrogen and oxygen atoms in total. The number of rotatable bonds is 5. The van der Waals surface area contributed by atoms with Crippen LogP contribution in [0.15, 0.2) is 16.7 Å². The summed E-state index contributed by atoms with van der Waals surface area (Å²) in [7, 11) is 0. The standard InChI is InChI=1S/C11H16N2O/c1-3-10(4-6-12)13-8-11-9(2)5-7-14-11/h5,7,10,13H,3-4,8H2,1-2H3. The lowest BCUT2D eigenvalue weighted by molar-refractivity contribution is 0.437. The average molecular weight is 192 g/mol. The van der Waals surface area contributed by atoms with Crippen molar-refractivity contribution >= 4 is 0 Å². The van der Waals surface area contributed by atoms with Crippen molar-refractivity contribution in [1.82, 2.24) is 5.32 Å². The molecule has 14 heavy (non-hydrogen) atoms. The monoisotopic (exact) mass is 192 g/mol. The van der Waals surface area contributed by atoms with Crippen LogP contribution < -0.4 is 5.32 Å². The third kappa shape index (κ3) is 2.90. The molecule has 0 saturated heterocycles. The van der Waals surface area contributed by atoms with E-state index >= 15 is 0 Å². The largest absolute Gasteiger partial charge is 0.468 e. The van der Waals surface area contributed by atoms with Crippen molar-refractivity contribution < 1.29 is 4.42 Å². The van der Waals surface area contributed by atoms with Gasteiger partial charge in [-0.2, -0.15) is 5.26 Å². The maximum Gasteiger partial charge on any atom is 0.120 e. The van der Waals surface area contributed by atoms with Gasteiger partial charge in [0.15, 0.2) is 0 Å². The molecule has 1 aromatic rings. The number of hydrogen-bond acceptors (Lipinski definition) is 3. The maximum atomic E-state index is 8.57. The zero-order valence-electron chi connectivity index (χ0n) is 8.71. The summed E-state index contributed by atoms with van der Waals surface area (Å²) in [5, 5.41) is 11.9. The van der Waals surface area contributed by atoms with Gasteiger partial charge in [0.25, 0.3) is 0 Å². The summed E-state index contributed by atoms with van der Waals surface area (Å²) in [5.41, 5.74) is 1.16. The Labute approximate surface area is 84.7 Å². The van der Waals surface area contributed by atoms with E-state index in [1.54, 1.807) is 6.26 Å². The zero-order chi connectivity index (χ0) is 10.4. The second-order valence-corrected chi connectivity index (χ2v) is 3.38. The van der Waals surface area contributed by atoms with E-state index in [2.05, 4.69) is 18.3 Å². The van der Waals surface area contributed by atoms with Crippen LogP contribution in [0.2, 0.25) is 0 Å². The highest BCUT2D eigenvalue weighted by atomic mass is 16.3. The fourth-order valence-electron chi connectivity index (χ4n) is 1.29. The Morgan fingerprint density at radius 2 is 2.43 bits per heavy atom. The second kappa shape index (κ2) is 5.46. The van der Waals surface area contributed by atoms with Crippen LogP contribution in [0.25, 0.3) is 0 Å². The van der Waals surface area contributed by atoms with Gasteiger partial charge in [-0.3, -0.25) is 0 Å². The predicted octanol–water partition coefficient (Wildman–Crippen LogP) is 2.37. The number of hydrogen-bond donors (Lipinski definition) is 1. The minimum absolute atomic E-state index is 0.268. The quantitative estimate of drug-likeness (QED) is 0.779. The molecule has 0 aliphatic rings. The number of aryl methyl sites for hydroxylation is 1. The Hall–Kier alpha value is -1.27. The molecule has 0 saturated carbocycles. The first-order valence-corrected chi connectivity index (χ1v) is 4.91. The van der Waals surface area contributed by atoms with E-state index in [4.69, 9.17) is 9.68 Å². The molecule has 0 radical (unpaired) electrons. The van der Waals surface area contributed by atoms with Gasteiger partial charge in [0.05, 0.1) is 25.3 Å². The molecule has 1 heterocycles. The Bertz CT molecular complexity index is 311. The van der Waals surface area contributed by atoms with E-state index < -0.39 is 0 Å². The van der Waals surface area contributed by atoms with Crippen molar-refractivity contribution in [2.45, 2.75) is 39.3 Å². The van der Waals surface area contributed by atoms with Crippen molar-refractivity contribution in [1.29, 1.82) is 5.26 Å². The molecular weight excluding hydrogens is 176 g/mol. The third-order valence-electron chi connectivity index (χ3n) is 2.35. The molecule has 1 rings (SSSR count). The van der Waals surface area contributed by atoms with Gasteiger partial charge >= 0.3 is 0 Å². The molecule has 1 unspecified atom stereocenters. The molecule has 3 heteroatoms. The summed E-state index contributed by atoms with van der Waals surface area (Å²) in [6.45, 7) is 4.80. The van der Waals surface area contributed by atoms with E-state index in [1.165, 1.54) is 0 Å². The lowest BCUT2D eigenvalue weighted by atomic mass is 10.1. The molecule has 0 fully saturated rings. The molecular formula is C11H16N2O. The first-order valence-electron chi connectivity index (χ1n) is 4.91. The Balaban J connectivity index is 2.40. The summed E-state index contributed by atoms with van der Waals surface area (Å²) in [5.74, 6) is 0.960. The molecule has 1 N–H and O–H groups in total. The molecule has 0 bridgehead atoms. The second-order valence-electron chi connectivity index (χ2n) is 3.38. The normalized spacial score (nSPS) is 12.4. The van der Waals surface area contributed by atoms with E-state index in [0.717, 1.165) is 17.7 Å². The summed E-state index contributed by atoms with van der Waals surface area (Å²) in [6, 6.07) is 4.39. The summed E-state index contributed by atoms with van der Waals surface area (Å²) in [6.07, 6.45) is 3.21. The molecule has 0 aromatic carbocycles. The van der Waals surface area contributed by atoms with Gasteiger partial charge in [-0.15, -0.1) is 0 Å². The summed E-state index contributed by atoms with van der Waals surface area (Å²) < 4.78 is 5.29. The van der Waals surface area contributed by atoms with Crippen LogP contribution in [0.4, 0.5) is 0 Å². The minimum Gasteiger partial charge on any atom is -0.468 e. The topological polar surface area (TPSA) is 49.0 Å². The van der Waals surface area contributed by atoms with Gasteiger partial charge in [0, 0.05) is 6.04 Å². The molecule has 0 aliphatic carbocycles. The molecule has 76 valence electrons. The van der Waals surface area contributed by atoms with Crippen LogP contribution >= 0.6 is 0 Å². The van der Waals surface area contributed by atoms with Crippen molar-refractivity contribution in [3.63, 3.8) is 0 Å². The van der Waals surface area contributed by atoms with Gasteiger partial charge in [-0.05, 0) is 25.0 Å². The van der Waals surface area contributed by atoms with Gasteiger partial charge in [-0.25, -0.2) is 0 Å². The van der Waals surface area contributed by atoms with Crippen molar-refractivity contribution in [3.05, 3.63) is 23.7 Å². The van der Waals surface area contributed by atoms with E-state index in [0.29, 0.717) is 13.0 Å². The molecule has 1 atom stereocenters. The predicted molar refractivity (Wildman–Crippen MR) is 54.6 cm³/mol. The minimum atomic E-state index is 0.268. The molecule has 0 spiro atoms. The zero-order valence-corrected chi connectivity index (χ0v) is 8.71. The summed E-state index contributed by atoms with van der Waals surface area (Å²) in [4.78, 5) is 0. The smallest absolute Gasteiger partial charge is 0.120 e. The van der Waals surface area contributed by atoms with E-state index in [-0.39, 0.29) is 6.04 Å². The van der Waals surface area contributed by atoms with Crippen molar-refractivity contribution in [2.75, 3.05) is 0 Å². The average Bonchev–Trinajstić information content (AvgIpc) is 2.59. The van der Waals surface area contributed by atoms with Crippen molar-refractivity contribution in [2.24, 2.45) is 0 Å². The number of nitrogens with one attached hydrogen (secondary N) is 1. The van der Waals surface area contributed by atoms with Gasteiger partial charge < -0.3 is 9.73 Å². The highest BCUT2D eigenvalue weighted by Gasteiger charge is 2.07. The van der Waals surface area contributed by atoms with Crippen LogP contribution in [0.5, 0.6) is 0 Å². The fraction of sp³-hybridized carbons (Fsp3) is 0.545. The van der Waals surface area contributed by atoms with Gasteiger partial charge in [-0.1, -0.05) is 6.92 Å². The highest BCUT2D eigenvalue weighted by molar-refractivity contribution is 5.14. The first kappa shape index (κ1) is 10.8. The maximum absolute atomic E-state index is 8.57. The Morgan fingerprint density at radius 3 is 2.93 bits per heavy atom. The van der Waals surface area contributed by atoms with Gasteiger partial charge in [0.1, 0.15) is 5.76 Å². The fourth-order valence-corrected chi connectivity index (χ4v) is 1.29. The molecule has 1 aromatic heterocycles. The summed E-state index contributed by atoms with van der Waals surface area (Å²) >= 11 is 0. The third-order valence-corrected chi connectivity index (χ3v) is 2.35. The number of furan rings is 1.